The number of nitriles is 1. The number of hydrogen-bond donors (Lipinski definition) is 0. The summed E-state index contributed by atoms with van der Waals surface area (Å²) >= 11 is 0. The Balaban J connectivity index is 2.02. The first-order chi connectivity index (χ1) is 11.7. The molecular weight excluding hydrogens is 300 g/mol. The second-order valence-electron chi connectivity index (χ2n) is 6.45. The Bertz CT molecular complexity index is 953. The minimum atomic E-state index is 0.258. The van der Waals surface area contributed by atoms with Gasteiger partial charge in [-0.05, 0) is 38.0 Å². The van der Waals surface area contributed by atoms with E-state index in [1.54, 1.807) is 0 Å². The van der Waals surface area contributed by atoms with Gasteiger partial charge in [-0.2, -0.15) is 5.26 Å². The van der Waals surface area contributed by atoms with Crippen LogP contribution in [0, 0.1) is 11.3 Å². The third kappa shape index (κ3) is 2.35. The average molecular weight is 320 g/mol. The highest BCUT2D eigenvalue weighted by atomic mass is 16.5. The van der Waals surface area contributed by atoms with Crippen molar-refractivity contribution in [2.24, 2.45) is 0 Å². The minimum absolute atomic E-state index is 0.258. The van der Waals surface area contributed by atoms with Gasteiger partial charge in [-0.25, -0.2) is 4.98 Å². The molecule has 5 nitrogen and oxygen atoms in total. The van der Waals surface area contributed by atoms with Crippen LogP contribution in [0.2, 0.25) is 0 Å². The van der Waals surface area contributed by atoms with Crippen LogP contribution in [0.3, 0.4) is 0 Å². The van der Waals surface area contributed by atoms with E-state index in [-0.39, 0.29) is 6.10 Å². The van der Waals surface area contributed by atoms with E-state index in [0.717, 1.165) is 53.6 Å². The van der Waals surface area contributed by atoms with Gasteiger partial charge in [0.25, 0.3) is 0 Å². The van der Waals surface area contributed by atoms with Gasteiger partial charge in [0.05, 0.1) is 35.0 Å². The van der Waals surface area contributed by atoms with Crippen LogP contribution in [-0.2, 0) is 11.2 Å². The van der Waals surface area contributed by atoms with Crippen LogP contribution in [0.15, 0.2) is 24.4 Å². The molecule has 24 heavy (non-hydrogen) atoms. The second-order valence-corrected chi connectivity index (χ2v) is 6.45. The highest BCUT2D eigenvalue weighted by molar-refractivity contribution is 6.02. The highest BCUT2D eigenvalue weighted by Crippen LogP contribution is 2.33. The van der Waals surface area contributed by atoms with Crippen molar-refractivity contribution in [1.82, 2.24) is 14.5 Å². The van der Waals surface area contributed by atoms with E-state index < -0.39 is 0 Å². The van der Waals surface area contributed by atoms with Gasteiger partial charge in [0.2, 0.25) is 0 Å². The monoisotopic (exact) mass is 320 g/mol. The molecule has 2 aromatic heterocycles. The maximum absolute atomic E-state index is 9.26. The van der Waals surface area contributed by atoms with Crippen LogP contribution in [0.25, 0.3) is 21.9 Å². The summed E-state index contributed by atoms with van der Waals surface area (Å²) in [6.45, 7) is 5.04. The first-order valence-corrected chi connectivity index (χ1v) is 8.52. The van der Waals surface area contributed by atoms with E-state index in [2.05, 4.69) is 29.5 Å². The topological polar surface area (TPSA) is 63.7 Å². The molecule has 3 heterocycles. The predicted molar refractivity (Wildman–Crippen MR) is 92.8 cm³/mol. The van der Waals surface area contributed by atoms with Crippen molar-refractivity contribution in [3.8, 4) is 6.07 Å². The molecule has 0 aliphatic carbocycles. The van der Waals surface area contributed by atoms with E-state index in [9.17, 15) is 5.26 Å². The number of benzene rings is 1. The molecule has 0 amide bonds. The standard InChI is InChI=1S/C19H20N4O/c1-3-18-22-17-11-21-16-5-4-13(10-20)9-15(16)19(17)23(18)14-6-7-24-12(2)8-14/h4-5,9,11-12,14H,3,6-8H2,1-2H3. The molecule has 0 spiro atoms. The summed E-state index contributed by atoms with van der Waals surface area (Å²) in [7, 11) is 0. The zero-order valence-corrected chi connectivity index (χ0v) is 14.0. The maximum atomic E-state index is 9.26. The van der Waals surface area contributed by atoms with Gasteiger partial charge in [0, 0.05) is 24.5 Å². The Kier molecular flexibility index (Phi) is 3.70. The van der Waals surface area contributed by atoms with E-state index in [4.69, 9.17) is 9.72 Å². The Morgan fingerprint density at radius 1 is 1.38 bits per heavy atom. The van der Waals surface area contributed by atoms with Gasteiger partial charge in [0.15, 0.2) is 0 Å². The van der Waals surface area contributed by atoms with Crippen molar-refractivity contribution in [2.75, 3.05) is 6.61 Å². The first kappa shape index (κ1) is 15.1. The summed E-state index contributed by atoms with van der Waals surface area (Å²) in [5, 5.41) is 10.3. The average Bonchev–Trinajstić information content (AvgIpc) is 3.00. The third-order valence-electron chi connectivity index (χ3n) is 4.86. The smallest absolute Gasteiger partial charge is 0.109 e. The molecule has 2 unspecified atom stereocenters. The Hall–Kier alpha value is -2.45. The Morgan fingerprint density at radius 3 is 3.00 bits per heavy atom. The summed E-state index contributed by atoms with van der Waals surface area (Å²) in [5.74, 6) is 1.08. The summed E-state index contributed by atoms with van der Waals surface area (Å²) in [6.07, 6.45) is 4.96. The molecule has 2 atom stereocenters. The normalized spacial score (nSPS) is 21.2. The SMILES string of the molecule is CCc1nc2cnc3ccc(C#N)cc3c2n1C1CCOC(C)C1. The van der Waals surface area contributed by atoms with Crippen LogP contribution in [0.4, 0.5) is 0 Å². The van der Waals surface area contributed by atoms with Crippen molar-refractivity contribution >= 4 is 21.9 Å². The molecular formula is C19H20N4O. The van der Waals surface area contributed by atoms with Crippen LogP contribution < -0.4 is 0 Å². The van der Waals surface area contributed by atoms with Crippen molar-refractivity contribution < 1.29 is 4.74 Å². The molecule has 1 aliphatic rings. The summed E-state index contributed by atoms with van der Waals surface area (Å²) in [4.78, 5) is 9.34. The summed E-state index contributed by atoms with van der Waals surface area (Å²) in [6, 6.07) is 8.29. The zero-order chi connectivity index (χ0) is 16.7. The number of nitrogens with zero attached hydrogens (tertiary/aromatic N) is 4. The van der Waals surface area contributed by atoms with Crippen molar-refractivity contribution in [2.45, 2.75) is 45.3 Å². The molecule has 0 saturated carbocycles. The molecule has 5 heteroatoms. The lowest BCUT2D eigenvalue weighted by molar-refractivity contribution is 0.00628. The lowest BCUT2D eigenvalue weighted by Crippen LogP contribution is -2.26. The van der Waals surface area contributed by atoms with Gasteiger partial charge < -0.3 is 9.30 Å². The van der Waals surface area contributed by atoms with Gasteiger partial charge in [-0.15, -0.1) is 0 Å². The number of pyridine rings is 1. The van der Waals surface area contributed by atoms with Crippen LogP contribution in [0.5, 0.6) is 0 Å². The second kappa shape index (κ2) is 5.88. The van der Waals surface area contributed by atoms with E-state index in [1.807, 2.05) is 24.4 Å². The van der Waals surface area contributed by atoms with Gasteiger partial charge in [-0.1, -0.05) is 6.92 Å². The Morgan fingerprint density at radius 2 is 2.25 bits per heavy atom. The quantitative estimate of drug-likeness (QED) is 0.721. The number of hydrogen-bond acceptors (Lipinski definition) is 4. The largest absolute Gasteiger partial charge is 0.378 e. The Labute approximate surface area is 140 Å². The van der Waals surface area contributed by atoms with E-state index in [0.29, 0.717) is 11.6 Å². The molecule has 1 saturated heterocycles. The number of ether oxygens (including phenoxy) is 1. The van der Waals surface area contributed by atoms with E-state index in [1.165, 1.54) is 0 Å². The zero-order valence-electron chi connectivity index (χ0n) is 14.0. The lowest BCUT2D eigenvalue weighted by atomic mass is 10.0. The molecule has 4 rings (SSSR count). The highest BCUT2D eigenvalue weighted by Gasteiger charge is 2.25. The minimum Gasteiger partial charge on any atom is -0.378 e. The van der Waals surface area contributed by atoms with Gasteiger partial charge in [-0.3, -0.25) is 4.98 Å². The molecule has 0 N–H and O–H groups in total. The number of aryl methyl sites for hydroxylation is 1. The molecule has 1 aliphatic heterocycles. The number of rotatable bonds is 2. The molecule has 1 fully saturated rings. The van der Waals surface area contributed by atoms with Crippen molar-refractivity contribution in [1.29, 1.82) is 5.26 Å². The molecule has 1 aromatic carbocycles. The van der Waals surface area contributed by atoms with Gasteiger partial charge >= 0.3 is 0 Å². The van der Waals surface area contributed by atoms with Crippen LogP contribution in [0.1, 0.15) is 44.1 Å². The third-order valence-corrected chi connectivity index (χ3v) is 4.86. The van der Waals surface area contributed by atoms with Crippen LogP contribution in [-0.4, -0.2) is 27.2 Å². The van der Waals surface area contributed by atoms with Crippen molar-refractivity contribution in [3.63, 3.8) is 0 Å². The first-order valence-electron chi connectivity index (χ1n) is 8.52. The number of fused-ring (bicyclic) bond motifs is 3. The molecule has 0 bridgehead atoms. The fourth-order valence-electron chi connectivity index (χ4n) is 3.75. The van der Waals surface area contributed by atoms with Crippen molar-refractivity contribution in [3.05, 3.63) is 35.8 Å². The summed E-state index contributed by atoms with van der Waals surface area (Å²) in [5.41, 5.74) is 3.58. The van der Waals surface area contributed by atoms with E-state index >= 15 is 0 Å². The molecule has 122 valence electrons. The maximum Gasteiger partial charge on any atom is 0.109 e. The lowest BCUT2D eigenvalue weighted by Gasteiger charge is -2.30. The molecule has 0 radical (unpaired) electrons. The predicted octanol–water partition coefficient (Wildman–Crippen LogP) is 3.76. The summed E-state index contributed by atoms with van der Waals surface area (Å²) < 4.78 is 8.10. The molecule has 3 aromatic rings. The number of imidazole rings is 1. The van der Waals surface area contributed by atoms with Crippen LogP contribution >= 0.6 is 0 Å². The fourth-order valence-corrected chi connectivity index (χ4v) is 3.75. The number of aromatic nitrogens is 3. The van der Waals surface area contributed by atoms with Gasteiger partial charge in [0.1, 0.15) is 11.3 Å². The fraction of sp³-hybridized carbons (Fsp3) is 0.421.